The number of furan rings is 1. The van der Waals surface area contributed by atoms with Gasteiger partial charge in [0, 0.05) is 28.7 Å². The van der Waals surface area contributed by atoms with Crippen LogP contribution < -0.4 is 5.32 Å². The van der Waals surface area contributed by atoms with Crippen molar-refractivity contribution in [3.63, 3.8) is 0 Å². The van der Waals surface area contributed by atoms with E-state index in [4.69, 9.17) is 4.42 Å². The molecule has 3 amide bonds. The molecule has 184 valence electrons. The Bertz CT molecular complexity index is 1640. The molecule has 9 nitrogen and oxygen atoms in total. The Balaban J connectivity index is 1.48. The first-order chi connectivity index (χ1) is 17.9. The zero-order valence-corrected chi connectivity index (χ0v) is 20.1. The first kappa shape index (κ1) is 23.6. The number of ether oxygens (including phenoxy) is 1. The number of aromatic nitrogens is 1. The second kappa shape index (κ2) is 9.51. The zero-order valence-electron chi connectivity index (χ0n) is 20.1. The fraction of sp³-hybridized carbons (Fsp3) is 0.143. The van der Waals surface area contributed by atoms with E-state index >= 15 is 0 Å². The number of imide groups is 1. The number of benzene rings is 2. The topological polar surface area (TPSA) is 118 Å². The molecule has 1 fully saturated rings. The molecule has 0 unspecified atom stereocenters. The van der Waals surface area contributed by atoms with Gasteiger partial charge in [0.1, 0.15) is 11.5 Å². The van der Waals surface area contributed by atoms with Crippen molar-refractivity contribution < 1.29 is 23.5 Å². The third-order valence-electron chi connectivity index (χ3n) is 6.36. The molecule has 2 aromatic carbocycles. The molecule has 2 aromatic heterocycles. The Morgan fingerprint density at radius 2 is 1.84 bits per heavy atom. The van der Waals surface area contributed by atoms with Crippen LogP contribution in [0.2, 0.25) is 0 Å². The average Bonchev–Trinajstić information content (AvgIpc) is 3.57. The highest BCUT2D eigenvalue weighted by molar-refractivity contribution is 6.14. The molecule has 1 saturated heterocycles. The number of urea groups is 1. The third-order valence-corrected chi connectivity index (χ3v) is 6.36. The van der Waals surface area contributed by atoms with Gasteiger partial charge in [-0.05, 0) is 42.8 Å². The van der Waals surface area contributed by atoms with E-state index < -0.39 is 17.9 Å². The van der Waals surface area contributed by atoms with E-state index in [-0.39, 0.29) is 23.8 Å². The van der Waals surface area contributed by atoms with Crippen LogP contribution in [-0.2, 0) is 22.6 Å². The van der Waals surface area contributed by atoms with Crippen LogP contribution in [0.1, 0.15) is 38.7 Å². The maximum absolute atomic E-state index is 13.1. The highest BCUT2D eigenvalue weighted by atomic mass is 16.5. The van der Waals surface area contributed by atoms with E-state index in [1.54, 1.807) is 12.1 Å². The number of hydrogen-bond acceptors (Lipinski definition) is 6. The minimum atomic E-state index is -0.645. The van der Waals surface area contributed by atoms with E-state index in [0.29, 0.717) is 12.1 Å². The summed E-state index contributed by atoms with van der Waals surface area (Å²) in [5.74, 6) is -0.892. The van der Waals surface area contributed by atoms with Crippen molar-refractivity contribution in [2.45, 2.75) is 20.0 Å². The van der Waals surface area contributed by atoms with Gasteiger partial charge in [-0.15, -0.1) is 0 Å². The SMILES string of the molecule is COC(=O)c1ccc(CN2C(=O)N/C(=C\c3c(C)n(Cc4ccccc4C#N)c4ccccc34)C2=O)o1. The van der Waals surface area contributed by atoms with Crippen LogP contribution in [0.3, 0.4) is 0 Å². The smallest absolute Gasteiger partial charge is 0.373 e. The van der Waals surface area contributed by atoms with Crippen molar-refractivity contribution in [2.24, 2.45) is 0 Å². The van der Waals surface area contributed by atoms with Crippen LogP contribution >= 0.6 is 0 Å². The second-order valence-corrected chi connectivity index (χ2v) is 8.51. The lowest BCUT2D eigenvalue weighted by Crippen LogP contribution is -2.30. The number of rotatable bonds is 6. The molecule has 9 heteroatoms. The summed E-state index contributed by atoms with van der Waals surface area (Å²) in [6.07, 6.45) is 1.67. The molecular weight excluding hydrogens is 472 g/mol. The summed E-state index contributed by atoms with van der Waals surface area (Å²) in [4.78, 5) is 38.4. The number of nitrogens with zero attached hydrogens (tertiary/aromatic N) is 3. The molecule has 0 radical (unpaired) electrons. The number of nitrogens with one attached hydrogen (secondary N) is 1. The molecule has 0 bridgehead atoms. The molecular formula is C28H22N4O5. The molecule has 4 aromatic rings. The Labute approximate surface area is 212 Å². The largest absolute Gasteiger partial charge is 0.463 e. The van der Waals surface area contributed by atoms with Gasteiger partial charge in [0.25, 0.3) is 5.91 Å². The molecule has 0 atom stereocenters. The molecule has 1 aliphatic rings. The summed E-state index contributed by atoms with van der Waals surface area (Å²) in [5.41, 5.74) is 4.24. The number of methoxy groups -OCH3 is 1. The predicted octanol–water partition coefficient (Wildman–Crippen LogP) is 4.34. The van der Waals surface area contributed by atoms with E-state index in [2.05, 4.69) is 20.7 Å². The fourth-order valence-electron chi connectivity index (χ4n) is 4.47. The van der Waals surface area contributed by atoms with Crippen molar-refractivity contribution in [1.82, 2.24) is 14.8 Å². The van der Waals surface area contributed by atoms with Gasteiger partial charge in [0.05, 0.1) is 25.3 Å². The quantitative estimate of drug-likeness (QED) is 0.242. The highest BCUT2D eigenvalue weighted by Crippen LogP contribution is 2.30. The number of nitriles is 1. The van der Waals surface area contributed by atoms with E-state index in [1.165, 1.54) is 19.2 Å². The Kier molecular flexibility index (Phi) is 6.07. The Hall–Kier alpha value is -5.10. The van der Waals surface area contributed by atoms with E-state index in [0.717, 1.165) is 32.6 Å². The monoisotopic (exact) mass is 494 g/mol. The third kappa shape index (κ3) is 4.25. The Morgan fingerprint density at radius 3 is 2.62 bits per heavy atom. The standard InChI is InChI=1S/C28H22N4O5/c1-17-22(21-9-5-6-10-24(21)31(17)15-19-8-4-3-7-18(19)14-29)13-23-26(33)32(28(35)30-23)16-20-11-12-25(37-20)27(34)36-2/h3-13H,15-16H2,1-2H3,(H,30,35)/b23-13-. The number of amides is 3. The molecule has 5 rings (SSSR count). The molecule has 3 heterocycles. The van der Waals surface area contributed by atoms with Gasteiger partial charge in [0.15, 0.2) is 0 Å². The van der Waals surface area contributed by atoms with E-state index in [1.807, 2.05) is 49.4 Å². The van der Waals surface area contributed by atoms with Gasteiger partial charge in [-0.3, -0.25) is 9.69 Å². The van der Waals surface area contributed by atoms with Gasteiger partial charge in [-0.25, -0.2) is 9.59 Å². The number of fused-ring (bicyclic) bond motifs is 1. The summed E-state index contributed by atoms with van der Waals surface area (Å²) in [7, 11) is 1.24. The molecule has 1 N–H and O–H groups in total. The minimum Gasteiger partial charge on any atom is -0.463 e. The maximum Gasteiger partial charge on any atom is 0.373 e. The molecule has 1 aliphatic heterocycles. The molecule has 0 aliphatic carbocycles. The number of carbonyl (C=O) groups excluding carboxylic acids is 3. The second-order valence-electron chi connectivity index (χ2n) is 8.51. The highest BCUT2D eigenvalue weighted by Gasteiger charge is 2.35. The normalized spacial score (nSPS) is 14.3. The van der Waals surface area contributed by atoms with Gasteiger partial charge in [0.2, 0.25) is 5.76 Å². The fourth-order valence-corrected chi connectivity index (χ4v) is 4.47. The lowest BCUT2D eigenvalue weighted by Gasteiger charge is -2.10. The van der Waals surface area contributed by atoms with Gasteiger partial charge in [-0.2, -0.15) is 5.26 Å². The van der Waals surface area contributed by atoms with E-state index in [9.17, 15) is 19.6 Å². The number of esters is 1. The lowest BCUT2D eigenvalue weighted by molar-refractivity contribution is -0.123. The summed E-state index contributed by atoms with van der Waals surface area (Å²) in [6.45, 7) is 2.29. The van der Waals surface area contributed by atoms with Crippen LogP contribution in [0, 0.1) is 18.3 Å². The molecule has 0 spiro atoms. The van der Waals surface area contributed by atoms with Crippen molar-refractivity contribution in [2.75, 3.05) is 7.11 Å². The summed E-state index contributed by atoms with van der Waals surface area (Å²) in [5, 5.41) is 13.1. The van der Waals surface area contributed by atoms with Crippen LogP contribution in [0.5, 0.6) is 0 Å². The van der Waals surface area contributed by atoms with Gasteiger partial charge < -0.3 is 19.0 Å². The van der Waals surface area contributed by atoms with Crippen molar-refractivity contribution in [1.29, 1.82) is 5.26 Å². The number of para-hydroxylation sites is 1. The van der Waals surface area contributed by atoms with Crippen molar-refractivity contribution in [3.05, 3.63) is 100 Å². The number of hydrogen-bond donors (Lipinski definition) is 1. The van der Waals surface area contributed by atoms with Crippen LogP contribution in [-0.4, -0.2) is 34.5 Å². The molecule has 37 heavy (non-hydrogen) atoms. The number of carbonyl (C=O) groups is 3. The maximum atomic E-state index is 13.1. The zero-order chi connectivity index (χ0) is 26.1. The van der Waals surface area contributed by atoms with Crippen molar-refractivity contribution in [3.8, 4) is 6.07 Å². The lowest BCUT2D eigenvalue weighted by atomic mass is 10.1. The summed E-state index contributed by atoms with van der Waals surface area (Å²) in [6, 6.07) is 19.8. The predicted molar refractivity (Wildman–Crippen MR) is 134 cm³/mol. The van der Waals surface area contributed by atoms with Gasteiger partial charge >= 0.3 is 12.0 Å². The molecule has 0 saturated carbocycles. The minimum absolute atomic E-state index is 0.0123. The van der Waals surface area contributed by atoms with Crippen LogP contribution in [0.25, 0.3) is 17.0 Å². The summed E-state index contributed by atoms with van der Waals surface area (Å²) >= 11 is 0. The first-order valence-corrected chi connectivity index (χ1v) is 11.5. The van der Waals surface area contributed by atoms with Gasteiger partial charge in [-0.1, -0.05) is 36.4 Å². The van der Waals surface area contributed by atoms with Crippen LogP contribution in [0.15, 0.2) is 70.8 Å². The Morgan fingerprint density at radius 1 is 1.08 bits per heavy atom. The van der Waals surface area contributed by atoms with Crippen molar-refractivity contribution >= 4 is 34.9 Å². The average molecular weight is 495 g/mol. The summed E-state index contributed by atoms with van der Waals surface area (Å²) < 4.78 is 12.1. The first-order valence-electron chi connectivity index (χ1n) is 11.5. The van der Waals surface area contributed by atoms with Crippen LogP contribution in [0.4, 0.5) is 4.79 Å².